The zero-order valence-corrected chi connectivity index (χ0v) is 12.8. The molecule has 1 unspecified atom stereocenters. The molecule has 0 heterocycles. The van der Waals surface area contributed by atoms with E-state index < -0.39 is 0 Å². The fourth-order valence-electron chi connectivity index (χ4n) is 2.13. The summed E-state index contributed by atoms with van der Waals surface area (Å²) in [6.45, 7) is 4.27. The van der Waals surface area contributed by atoms with Crippen LogP contribution in [-0.4, -0.2) is 18.5 Å². The maximum absolute atomic E-state index is 4.78. The third-order valence-electron chi connectivity index (χ3n) is 3.22. The van der Waals surface area contributed by atoms with Crippen molar-refractivity contribution in [2.24, 2.45) is 15.9 Å². The minimum absolute atomic E-state index is 0. The van der Waals surface area contributed by atoms with Crippen LogP contribution in [0.5, 0.6) is 0 Å². The Balaban J connectivity index is 0.00000162. The second-order valence-corrected chi connectivity index (χ2v) is 4.63. The summed E-state index contributed by atoms with van der Waals surface area (Å²) < 4.78 is 0. The number of aliphatic imine (C=N–C) groups is 2. The minimum Gasteiger partial charge on any atom is -0.320 e. The maximum atomic E-state index is 4.78. The van der Waals surface area contributed by atoms with Gasteiger partial charge < -0.3 is 6.42 Å². The fraction of sp³-hybridized carbons (Fsp3) is 0.400. The van der Waals surface area contributed by atoms with Crippen molar-refractivity contribution in [1.29, 1.82) is 0 Å². The van der Waals surface area contributed by atoms with Crippen molar-refractivity contribution in [3.05, 3.63) is 36.2 Å². The summed E-state index contributed by atoms with van der Waals surface area (Å²) in [7, 11) is 1.82. The number of rotatable bonds is 2. The van der Waals surface area contributed by atoms with Crippen LogP contribution in [0.25, 0.3) is 0 Å². The molecule has 1 aliphatic rings. The van der Waals surface area contributed by atoms with Crippen molar-refractivity contribution >= 4 is 17.1 Å². The first-order valence-corrected chi connectivity index (χ1v) is 6.13. The van der Waals surface area contributed by atoms with E-state index in [0.717, 1.165) is 29.8 Å². The summed E-state index contributed by atoms with van der Waals surface area (Å²) in [5.41, 5.74) is 4.52. The Kier molecular flexibility index (Phi) is 6.83. The average Bonchev–Trinajstić information content (AvgIpc) is 2.74. The Bertz CT molecular complexity index is 463. The molecule has 2 rings (SSSR count). The summed E-state index contributed by atoms with van der Waals surface area (Å²) in [5, 5.41) is 0. The SMILES string of the molecule is CN=C(C)c1ccccc1N=C1C[CH-]C(C)C1.[Yb]. The molecule has 18 heavy (non-hydrogen) atoms. The van der Waals surface area contributed by atoms with Crippen LogP contribution < -0.4 is 0 Å². The van der Waals surface area contributed by atoms with Gasteiger partial charge in [0.2, 0.25) is 0 Å². The molecule has 0 aliphatic heterocycles. The van der Waals surface area contributed by atoms with Crippen LogP contribution in [0.1, 0.15) is 32.3 Å². The Morgan fingerprint density at radius 1 is 1.33 bits per heavy atom. The number of hydrogen-bond acceptors (Lipinski definition) is 2. The van der Waals surface area contributed by atoms with Crippen molar-refractivity contribution in [1.82, 2.24) is 0 Å². The van der Waals surface area contributed by atoms with Gasteiger partial charge in [0.1, 0.15) is 0 Å². The first kappa shape index (κ1) is 16.1. The molecular weight excluding hydrogens is 381 g/mol. The van der Waals surface area contributed by atoms with Crippen molar-refractivity contribution in [3.63, 3.8) is 0 Å². The normalized spacial score (nSPS) is 22.1. The second-order valence-electron chi connectivity index (χ2n) is 4.63. The largest absolute Gasteiger partial charge is 0.320 e. The van der Waals surface area contributed by atoms with Crippen molar-refractivity contribution in [2.45, 2.75) is 26.7 Å². The number of benzene rings is 1. The molecule has 2 nitrogen and oxygen atoms in total. The Morgan fingerprint density at radius 2 is 2.06 bits per heavy atom. The van der Waals surface area contributed by atoms with E-state index in [9.17, 15) is 0 Å². The first-order valence-electron chi connectivity index (χ1n) is 6.13. The van der Waals surface area contributed by atoms with E-state index in [1.165, 1.54) is 5.71 Å². The van der Waals surface area contributed by atoms with Crippen molar-refractivity contribution < 1.29 is 46.9 Å². The molecule has 1 aromatic carbocycles. The van der Waals surface area contributed by atoms with Gasteiger partial charge in [-0.05, 0) is 25.1 Å². The fourth-order valence-corrected chi connectivity index (χ4v) is 2.13. The quantitative estimate of drug-likeness (QED) is 0.533. The number of para-hydroxylation sites is 1. The predicted octanol–water partition coefficient (Wildman–Crippen LogP) is 3.83. The third kappa shape index (κ3) is 4.04. The van der Waals surface area contributed by atoms with Gasteiger partial charge in [0.15, 0.2) is 0 Å². The topological polar surface area (TPSA) is 24.7 Å². The van der Waals surface area contributed by atoms with E-state index in [2.05, 4.69) is 30.5 Å². The molecule has 104 valence electrons. The van der Waals surface area contributed by atoms with Gasteiger partial charge in [0, 0.05) is 65.2 Å². The molecule has 0 saturated heterocycles. The van der Waals surface area contributed by atoms with Gasteiger partial charge in [-0.3, -0.25) is 9.98 Å². The van der Waals surface area contributed by atoms with Gasteiger partial charge in [-0.25, -0.2) is 0 Å². The Morgan fingerprint density at radius 3 is 2.67 bits per heavy atom. The van der Waals surface area contributed by atoms with Crippen LogP contribution in [0.15, 0.2) is 34.3 Å². The minimum atomic E-state index is 0. The number of nitrogens with zero attached hydrogens (tertiary/aromatic N) is 2. The van der Waals surface area contributed by atoms with Crippen molar-refractivity contribution in [3.8, 4) is 0 Å². The number of hydrogen-bond donors (Lipinski definition) is 0. The summed E-state index contributed by atoms with van der Waals surface area (Å²) in [5.74, 6) is 0.668. The first-order chi connectivity index (χ1) is 8.20. The molecule has 1 fully saturated rings. The molecule has 0 N–H and O–H groups in total. The van der Waals surface area contributed by atoms with Gasteiger partial charge in [-0.2, -0.15) is 5.92 Å². The van der Waals surface area contributed by atoms with Gasteiger partial charge in [-0.15, -0.1) is 6.42 Å². The van der Waals surface area contributed by atoms with Crippen LogP contribution >= 0.6 is 0 Å². The molecule has 0 radical (unpaired) electrons. The van der Waals surface area contributed by atoms with Crippen LogP contribution in [0.4, 0.5) is 5.69 Å². The molecule has 1 atom stereocenters. The molecular formula is C15H19N2Yb-. The predicted molar refractivity (Wildman–Crippen MR) is 74.4 cm³/mol. The van der Waals surface area contributed by atoms with Gasteiger partial charge >= 0.3 is 0 Å². The van der Waals surface area contributed by atoms with E-state index in [1.54, 1.807) is 0 Å². The summed E-state index contributed by atoms with van der Waals surface area (Å²) in [6, 6.07) is 8.23. The Labute approximate surface area is 148 Å². The van der Waals surface area contributed by atoms with Crippen LogP contribution in [0.2, 0.25) is 0 Å². The second kappa shape index (κ2) is 7.62. The molecule has 0 aromatic heterocycles. The van der Waals surface area contributed by atoms with E-state index in [0.29, 0.717) is 5.92 Å². The van der Waals surface area contributed by atoms with E-state index >= 15 is 0 Å². The molecule has 0 spiro atoms. The molecule has 1 aliphatic carbocycles. The standard InChI is InChI=1S/C15H19N2.Yb/c1-11-8-9-13(10-11)17-15-7-5-4-6-14(15)12(2)16-3;/h4-8,11H,9-10H2,1-3H3;/q-1;. The molecule has 1 aromatic rings. The Hall–Kier alpha value is 0.0795. The molecule has 0 amide bonds. The zero-order chi connectivity index (χ0) is 12.3. The molecule has 0 bridgehead atoms. The maximum Gasteiger partial charge on any atom is 0.0718 e. The summed E-state index contributed by atoms with van der Waals surface area (Å²) in [6.07, 6.45) is 4.46. The van der Waals surface area contributed by atoms with Gasteiger partial charge in [0.05, 0.1) is 5.69 Å². The third-order valence-corrected chi connectivity index (χ3v) is 3.22. The average molecular weight is 400 g/mol. The van der Waals surface area contributed by atoms with Crippen LogP contribution in [0.3, 0.4) is 0 Å². The van der Waals surface area contributed by atoms with E-state index in [-0.39, 0.29) is 46.9 Å². The van der Waals surface area contributed by atoms with E-state index in [4.69, 9.17) is 4.99 Å². The van der Waals surface area contributed by atoms with Crippen LogP contribution in [-0.2, 0) is 0 Å². The monoisotopic (exact) mass is 401 g/mol. The van der Waals surface area contributed by atoms with E-state index in [1.807, 2.05) is 26.1 Å². The van der Waals surface area contributed by atoms with Gasteiger partial charge in [-0.1, -0.05) is 25.1 Å². The summed E-state index contributed by atoms with van der Waals surface area (Å²) >= 11 is 0. The van der Waals surface area contributed by atoms with Crippen LogP contribution in [0, 0.1) is 59.3 Å². The molecule has 1 saturated carbocycles. The molecule has 3 heteroatoms. The summed E-state index contributed by atoms with van der Waals surface area (Å²) in [4.78, 5) is 9.03. The zero-order valence-electron chi connectivity index (χ0n) is 11.0. The van der Waals surface area contributed by atoms with Gasteiger partial charge in [0.25, 0.3) is 0 Å². The smallest absolute Gasteiger partial charge is 0.0718 e. The van der Waals surface area contributed by atoms with Crippen molar-refractivity contribution in [2.75, 3.05) is 7.05 Å².